The monoisotopic (exact) mass is 411 g/mol. The van der Waals surface area contributed by atoms with Crippen molar-refractivity contribution in [2.24, 2.45) is 0 Å². The Morgan fingerprint density at radius 3 is 2.36 bits per heavy atom. The second kappa shape index (κ2) is 6.96. The number of para-hydroxylation sites is 1. The Balaban J connectivity index is 2.09. The topological polar surface area (TPSA) is 82.4 Å². The Morgan fingerprint density at radius 1 is 1.11 bits per heavy atom. The fourth-order valence-electron chi connectivity index (χ4n) is 2.67. The Bertz CT molecular complexity index is 915. The van der Waals surface area contributed by atoms with Gasteiger partial charge in [0, 0.05) is 12.5 Å². The van der Waals surface area contributed by atoms with Crippen LogP contribution >= 0.6 is 0 Å². The van der Waals surface area contributed by atoms with Gasteiger partial charge in [0.1, 0.15) is 11.0 Å². The van der Waals surface area contributed by atoms with Crippen LogP contribution in [0.2, 0.25) is 0 Å². The number of aromatic nitrogens is 2. The molecule has 0 amide bonds. The van der Waals surface area contributed by atoms with E-state index in [1.54, 1.807) is 0 Å². The van der Waals surface area contributed by atoms with Gasteiger partial charge in [0.15, 0.2) is 11.6 Å². The number of rotatable bonds is 3. The van der Waals surface area contributed by atoms with Crippen molar-refractivity contribution in [3.05, 3.63) is 24.0 Å². The van der Waals surface area contributed by atoms with Gasteiger partial charge in [0.05, 0.1) is 0 Å². The van der Waals surface area contributed by atoms with Crippen LogP contribution in [0.5, 0.6) is 5.75 Å². The summed E-state index contributed by atoms with van der Waals surface area (Å²) < 4.78 is 80.0. The standard InChI is InChI=1S/C15H11F6N3O4/c16-14(17,18)12(25)27-9-3-1-2-8-10(9)23-11(7-4-5-22-6-7)24(8)28-13(26)15(19,20)21/h1-3,7,22H,4-6H2. The molecule has 1 aromatic carbocycles. The molecule has 13 heteroatoms. The van der Waals surface area contributed by atoms with E-state index in [2.05, 4.69) is 19.9 Å². The van der Waals surface area contributed by atoms with Gasteiger partial charge in [-0.2, -0.15) is 31.1 Å². The van der Waals surface area contributed by atoms with Crippen molar-refractivity contribution in [2.45, 2.75) is 24.7 Å². The first-order valence-electron chi connectivity index (χ1n) is 7.79. The number of carbonyl (C=O) groups is 2. The number of ether oxygens (including phenoxy) is 1. The van der Waals surface area contributed by atoms with Crippen molar-refractivity contribution in [3.63, 3.8) is 0 Å². The van der Waals surface area contributed by atoms with E-state index in [1.807, 2.05) is 0 Å². The minimum absolute atomic E-state index is 0.117. The molecule has 1 fully saturated rings. The van der Waals surface area contributed by atoms with Crippen LogP contribution in [-0.2, 0) is 9.59 Å². The number of alkyl halides is 6. The van der Waals surface area contributed by atoms with Gasteiger partial charge in [0.25, 0.3) is 0 Å². The third kappa shape index (κ3) is 3.88. The zero-order valence-electron chi connectivity index (χ0n) is 13.7. The lowest BCUT2D eigenvalue weighted by Crippen LogP contribution is -2.34. The lowest BCUT2D eigenvalue weighted by molar-refractivity contribution is -0.199. The number of nitrogens with one attached hydrogen (secondary N) is 1. The van der Waals surface area contributed by atoms with E-state index < -0.39 is 36.0 Å². The summed E-state index contributed by atoms with van der Waals surface area (Å²) in [5, 5.41) is 2.94. The molecule has 152 valence electrons. The lowest BCUT2D eigenvalue weighted by atomic mass is 10.1. The lowest BCUT2D eigenvalue weighted by Gasteiger charge is -2.13. The molecule has 1 atom stereocenters. The van der Waals surface area contributed by atoms with Crippen LogP contribution in [-0.4, -0.2) is 47.1 Å². The molecule has 1 aliphatic rings. The smallest absolute Gasteiger partial charge is 0.417 e. The van der Waals surface area contributed by atoms with Crippen molar-refractivity contribution in [1.82, 2.24) is 15.0 Å². The minimum Gasteiger partial charge on any atom is -0.417 e. The van der Waals surface area contributed by atoms with E-state index >= 15 is 0 Å². The van der Waals surface area contributed by atoms with Crippen LogP contribution in [0.1, 0.15) is 18.2 Å². The molecule has 0 aliphatic carbocycles. The van der Waals surface area contributed by atoms with Gasteiger partial charge in [-0.15, -0.1) is 0 Å². The summed E-state index contributed by atoms with van der Waals surface area (Å²) in [5.74, 6) is -6.27. The van der Waals surface area contributed by atoms with Crippen LogP contribution in [0.15, 0.2) is 18.2 Å². The number of hydrogen-bond acceptors (Lipinski definition) is 6. The summed E-state index contributed by atoms with van der Waals surface area (Å²) in [6.45, 7) is 0.807. The molecule has 2 heterocycles. The van der Waals surface area contributed by atoms with Crippen molar-refractivity contribution < 1.29 is 45.5 Å². The maximum Gasteiger partial charge on any atom is 0.493 e. The quantitative estimate of drug-likeness (QED) is 0.473. The van der Waals surface area contributed by atoms with Crippen molar-refractivity contribution >= 4 is 23.0 Å². The van der Waals surface area contributed by atoms with Gasteiger partial charge in [0.2, 0.25) is 0 Å². The van der Waals surface area contributed by atoms with Gasteiger partial charge >= 0.3 is 24.3 Å². The van der Waals surface area contributed by atoms with Gasteiger partial charge in [-0.1, -0.05) is 6.07 Å². The Labute approximate surface area is 152 Å². The molecule has 0 radical (unpaired) electrons. The maximum absolute atomic E-state index is 12.6. The summed E-state index contributed by atoms with van der Waals surface area (Å²) in [6.07, 6.45) is -10.2. The zero-order chi connectivity index (χ0) is 20.7. The summed E-state index contributed by atoms with van der Waals surface area (Å²) in [6, 6.07) is 3.28. The van der Waals surface area contributed by atoms with Crippen LogP contribution in [0, 0.1) is 0 Å². The molecule has 1 saturated heterocycles. The van der Waals surface area contributed by atoms with Crippen LogP contribution in [0.4, 0.5) is 26.3 Å². The van der Waals surface area contributed by atoms with E-state index in [4.69, 9.17) is 0 Å². The predicted molar refractivity (Wildman–Crippen MR) is 79.3 cm³/mol. The summed E-state index contributed by atoms with van der Waals surface area (Å²) in [7, 11) is 0. The Morgan fingerprint density at radius 2 is 1.79 bits per heavy atom. The van der Waals surface area contributed by atoms with Gasteiger partial charge < -0.3 is 14.9 Å². The van der Waals surface area contributed by atoms with Gasteiger partial charge in [-0.25, -0.2) is 14.6 Å². The SMILES string of the molecule is O=C(Oc1cccc2c1nc(C1CCNC1)n2OC(=O)C(F)(F)F)C(F)(F)F. The zero-order valence-corrected chi connectivity index (χ0v) is 13.7. The second-order valence-electron chi connectivity index (χ2n) is 5.84. The number of halogens is 6. The highest BCUT2D eigenvalue weighted by Crippen LogP contribution is 2.32. The molecule has 2 aromatic rings. The molecular weight excluding hydrogens is 400 g/mol. The number of hydrogen-bond donors (Lipinski definition) is 1. The molecule has 3 rings (SSSR count). The first-order valence-corrected chi connectivity index (χ1v) is 7.79. The third-order valence-electron chi connectivity index (χ3n) is 3.90. The van der Waals surface area contributed by atoms with Crippen molar-refractivity contribution in [1.29, 1.82) is 0 Å². The summed E-state index contributed by atoms with van der Waals surface area (Å²) in [4.78, 5) is 30.8. The molecular formula is C15H11F6N3O4. The van der Waals surface area contributed by atoms with E-state index in [-0.39, 0.29) is 16.9 Å². The number of imidazole rings is 1. The van der Waals surface area contributed by atoms with E-state index in [0.29, 0.717) is 24.2 Å². The molecule has 0 spiro atoms. The van der Waals surface area contributed by atoms with Gasteiger partial charge in [-0.3, -0.25) is 0 Å². The molecule has 1 aromatic heterocycles. The normalized spacial score (nSPS) is 17.7. The number of nitrogens with zero attached hydrogens (tertiary/aromatic N) is 2. The summed E-state index contributed by atoms with van der Waals surface area (Å²) in [5.41, 5.74) is -0.607. The molecule has 1 aliphatic heterocycles. The van der Waals surface area contributed by atoms with Crippen LogP contribution < -0.4 is 14.9 Å². The van der Waals surface area contributed by atoms with Gasteiger partial charge in [-0.05, 0) is 25.1 Å². The average molecular weight is 411 g/mol. The summed E-state index contributed by atoms with van der Waals surface area (Å²) >= 11 is 0. The maximum atomic E-state index is 12.6. The molecule has 1 N–H and O–H groups in total. The number of esters is 1. The number of benzene rings is 1. The highest BCUT2D eigenvalue weighted by atomic mass is 19.4. The minimum atomic E-state index is -5.30. The third-order valence-corrected chi connectivity index (χ3v) is 3.90. The number of carbonyl (C=O) groups excluding carboxylic acids is 2. The average Bonchev–Trinajstić information content (AvgIpc) is 3.21. The highest BCUT2D eigenvalue weighted by Gasteiger charge is 2.44. The first kappa shape index (κ1) is 19.9. The molecule has 0 bridgehead atoms. The van der Waals surface area contributed by atoms with E-state index in [9.17, 15) is 35.9 Å². The molecule has 7 nitrogen and oxygen atoms in total. The van der Waals surface area contributed by atoms with Crippen LogP contribution in [0.25, 0.3) is 11.0 Å². The largest absolute Gasteiger partial charge is 0.493 e. The fourth-order valence-corrected chi connectivity index (χ4v) is 2.67. The number of fused-ring (bicyclic) bond motifs is 1. The van der Waals surface area contributed by atoms with Crippen molar-refractivity contribution in [3.8, 4) is 5.75 Å². The fraction of sp³-hybridized carbons (Fsp3) is 0.400. The Hall–Kier alpha value is -2.83. The highest BCUT2D eigenvalue weighted by molar-refractivity contribution is 5.87. The van der Waals surface area contributed by atoms with Crippen LogP contribution in [0.3, 0.4) is 0 Å². The second-order valence-corrected chi connectivity index (χ2v) is 5.84. The van der Waals surface area contributed by atoms with E-state index in [1.165, 1.54) is 6.07 Å². The van der Waals surface area contributed by atoms with E-state index in [0.717, 1.165) is 12.1 Å². The molecule has 1 unspecified atom stereocenters. The molecule has 28 heavy (non-hydrogen) atoms. The first-order chi connectivity index (χ1) is 13.0. The Kier molecular flexibility index (Phi) is 4.95. The predicted octanol–water partition coefficient (Wildman–Crippen LogP) is 2.10. The van der Waals surface area contributed by atoms with Crippen molar-refractivity contribution in [2.75, 3.05) is 13.1 Å². The molecule has 0 saturated carbocycles.